The van der Waals surface area contributed by atoms with Crippen molar-refractivity contribution in [1.82, 2.24) is 30.1 Å². The van der Waals surface area contributed by atoms with E-state index in [0.29, 0.717) is 18.0 Å². The second-order valence-electron chi connectivity index (χ2n) is 9.69. The van der Waals surface area contributed by atoms with Gasteiger partial charge < -0.3 is 20.2 Å². The largest absolute Gasteiger partial charge is 0.508 e. The number of hydrogen-bond donors (Lipinski definition) is 2. The first-order valence-electron chi connectivity index (χ1n) is 13.2. The lowest BCUT2D eigenvalue weighted by Crippen LogP contribution is -2.73. The maximum atomic E-state index is 13.5. The molecule has 11 heteroatoms. The third-order valence-electron chi connectivity index (χ3n) is 6.62. The van der Waals surface area contributed by atoms with Crippen LogP contribution in [0.15, 0.2) is 85.5 Å². The smallest absolute Gasteiger partial charge is 0.334 e. The molecule has 2 N–H and O–H groups in total. The number of hydrazine groups is 1. The van der Waals surface area contributed by atoms with Crippen LogP contribution in [0, 0.1) is 12.9 Å². The first kappa shape index (κ1) is 29.2. The standard InChI is InChI=1S/C23H25FN6O3.C7H8O/c1-2-11-28-15-22(32)29-16-21(31)27(13-18-9-6-10-19(24)26-18)14-20(29)30(28)23(33)25-12-17-7-4-3-5-8-17;1-6-2-4-7(8)5-3-6/h2-10,20H,1,11-16H2,(H,25,33);2-5,8H,1H3/t20-;/m0./s1. The molecule has 1 atom stereocenters. The molecule has 0 bridgehead atoms. The summed E-state index contributed by atoms with van der Waals surface area (Å²) >= 11 is 0. The van der Waals surface area contributed by atoms with Gasteiger partial charge in [-0.2, -0.15) is 4.39 Å². The Morgan fingerprint density at radius 2 is 1.78 bits per heavy atom. The van der Waals surface area contributed by atoms with E-state index in [1.807, 2.05) is 49.4 Å². The van der Waals surface area contributed by atoms with Crippen molar-refractivity contribution in [3.8, 4) is 5.75 Å². The molecular formula is C30H33FN6O4. The Bertz CT molecular complexity index is 1350. The van der Waals surface area contributed by atoms with Crippen molar-refractivity contribution in [2.75, 3.05) is 26.2 Å². The van der Waals surface area contributed by atoms with E-state index in [4.69, 9.17) is 5.11 Å². The molecule has 3 aromatic rings. The molecule has 2 saturated heterocycles. The van der Waals surface area contributed by atoms with Crippen LogP contribution in [0.2, 0.25) is 0 Å². The van der Waals surface area contributed by atoms with Crippen molar-refractivity contribution >= 4 is 17.8 Å². The van der Waals surface area contributed by atoms with Crippen LogP contribution in [-0.4, -0.2) is 80.1 Å². The second kappa shape index (κ2) is 13.5. The molecule has 0 spiro atoms. The maximum absolute atomic E-state index is 13.5. The number of nitrogens with one attached hydrogen (secondary N) is 1. The number of aromatic nitrogens is 1. The third kappa shape index (κ3) is 7.67. The summed E-state index contributed by atoms with van der Waals surface area (Å²) in [4.78, 5) is 45.5. The molecule has 1 aromatic heterocycles. The van der Waals surface area contributed by atoms with E-state index >= 15 is 0 Å². The summed E-state index contributed by atoms with van der Waals surface area (Å²) < 4.78 is 13.5. The number of amides is 4. The van der Waals surface area contributed by atoms with Crippen molar-refractivity contribution < 1.29 is 23.9 Å². The van der Waals surface area contributed by atoms with Gasteiger partial charge >= 0.3 is 6.03 Å². The van der Waals surface area contributed by atoms with Gasteiger partial charge in [0.2, 0.25) is 17.8 Å². The number of aromatic hydroxyl groups is 1. The number of carbonyl (C=O) groups excluding carboxylic acids is 3. The third-order valence-corrected chi connectivity index (χ3v) is 6.62. The average Bonchev–Trinajstić information content (AvgIpc) is 2.95. The number of rotatable bonds is 6. The van der Waals surface area contributed by atoms with Gasteiger partial charge in [-0.3, -0.25) is 9.59 Å². The van der Waals surface area contributed by atoms with Gasteiger partial charge in [0, 0.05) is 13.1 Å². The van der Waals surface area contributed by atoms with Gasteiger partial charge in [0.05, 0.1) is 25.3 Å². The lowest BCUT2D eigenvalue weighted by Gasteiger charge is -2.52. The average molecular weight is 561 g/mol. The van der Waals surface area contributed by atoms with E-state index in [0.717, 1.165) is 5.56 Å². The predicted molar refractivity (Wildman–Crippen MR) is 150 cm³/mol. The fraction of sp³-hybridized carbons (Fsp3) is 0.267. The zero-order valence-corrected chi connectivity index (χ0v) is 22.8. The van der Waals surface area contributed by atoms with Crippen LogP contribution in [-0.2, 0) is 22.7 Å². The van der Waals surface area contributed by atoms with E-state index in [1.165, 1.54) is 32.5 Å². The van der Waals surface area contributed by atoms with Gasteiger partial charge in [0.25, 0.3) is 0 Å². The molecule has 2 aliphatic rings. The summed E-state index contributed by atoms with van der Waals surface area (Å²) in [6.07, 6.45) is 0.913. The molecule has 2 aliphatic heterocycles. The molecule has 0 unspecified atom stereocenters. The van der Waals surface area contributed by atoms with E-state index in [9.17, 15) is 18.8 Å². The number of halogens is 1. The SMILES string of the molecule is C=CCN1CC(=O)N2CC(=O)N(Cc3cccc(F)n3)C[C@@H]2N1C(=O)NCc1ccccc1.Cc1ccc(O)cc1. The van der Waals surface area contributed by atoms with Crippen LogP contribution < -0.4 is 5.32 Å². The highest BCUT2D eigenvalue weighted by atomic mass is 19.1. The molecule has 0 radical (unpaired) electrons. The van der Waals surface area contributed by atoms with Gasteiger partial charge in [0.1, 0.15) is 18.5 Å². The summed E-state index contributed by atoms with van der Waals surface area (Å²) in [7, 11) is 0. The lowest BCUT2D eigenvalue weighted by molar-refractivity contribution is -0.180. The Labute approximate surface area is 238 Å². The van der Waals surface area contributed by atoms with E-state index in [2.05, 4.69) is 16.9 Å². The van der Waals surface area contributed by atoms with E-state index in [-0.39, 0.29) is 50.6 Å². The molecule has 0 saturated carbocycles. The van der Waals surface area contributed by atoms with E-state index < -0.39 is 12.1 Å². The highest BCUT2D eigenvalue weighted by Gasteiger charge is 2.46. The number of aryl methyl sites for hydroxylation is 1. The first-order valence-corrected chi connectivity index (χ1v) is 13.2. The fourth-order valence-electron chi connectivity index (χ4n) is 4.58. The minimum absolute atomic E-state index is 0.0417. The van der Waals surface area contributed by atoms with Crippen LogP contribution in [0.5, 0.6) is 5.75 Å². The molecule has 41 heavy (non-hydrogen) atoms. The quantitative estimate of drug-likeness (QED) is 0.354. The Balaban J connectivity index is 0.000000417. The summed E-state index contributed by atoms with van der Waals surface area (Å²) in [5, 5.41) is 14.7. The van der Waals surface area contributed by atoms with Gasteiger partial charge in [-0.05, 0) is 36.8 Å². The van der Waals surface area contributed by atoms with E-state index in [1.54, 1.807) is 29.3 Å². The number of fused-ring (bicyclic) bond motifs is 1. The topological polar surface area (TPSA) is 109 Å². The fourth-order valence-corrected chi connectivity index (χ4v) is 4.58. The van der Waals surface area contributed by atoms with Crippen LogP contribution in [0.1, 0.15) is 16.8 Å². The number of phenolic OH excluding ortho intramolecular Hbond substituents is 1. The predicted octanol–water partition coefficient (Wildman–Crippen LogP) is 3.05. The minimum atomic E-state index is -0.701. The highest BCUT2D eigenvalue weighted by molar-refractivity contribution is 5.89. The molecular weight excluding hydrogens is 527 g/mol. The highest BCUT2D eigenvalue weighted by Crippen LogP contribution is 2.23. The monoisotopic (exact) mass is 560 g/mol. The number of urea groups is 1. The molecule has 214 valence electrons. The first-order chi connectivity index (χ1) is 19.7. The lowest BCUT2D eigenvalue weighted by atomic mass is 10.2. The number of hydrogen-bond acceptors (Lipinski definition) is 6. The Morgan fingerprint density at radius 1 is 1.05 bits per heavy atom. The normalized spacial score (nSPS) is 16.9. The molecule has 5 rings (SSSR count). The van der Waals surface area contributed by atoms with Crippen LogP contribution in [0.3, 0.4) is 0 Å². The van der Waals surface area contributed by atoms with Gasteiger partial charge in [0.15, 0.2) is 0 Å². The molecule has 3 heterocycles. The number of carbonyl (C=O) groups is 3. The number of pyridine rings is 1. The summed E-state index contributed by atoms with van der Waals surface area (Å²) in [6.45, 7) is 6.27. The van der Waals surface area contributed by atoms with Crippen LogP contribution >= 0.6 is 0 Å². The van der Waals surface area contributed by atoms with Gasteiger partial charge in [-0.25, -0.2) is 19.8 Å². The number of nitrogens with zero attached hydrogens (tertiary/aromatic N) is 5. The molecule has 2 aromatic carbocycles. The Hall–Kier alpha value is -4.77. The van der Waals surface area contributed by atoms with Crippen molar-refractivity contribution in [3.05, 3.63) is 108 Å². The van der Waals surface area contributed by atoms with Gasteiger partial charge in [-0.15, -0.1) is 6.58 Å². The maximum Gasteiger partial charge on any atom is 0.334 e. The molecule has 10 nitrogen and oxygen atoms in total. The zero-order chi connectivity index (χ0) is 29.4. The van der Waals surface area contributed by atoms with Crippen molar-refractivity contribution in [2.45, 2.75) is 26.2 Å². The number of piperazine rings is 1. The van der Waals surface area contributed by atoms with Crippen LogP contribution in [0.4, 0.5) is 9.18 Å². The Morgan fingerprint density at radius 3 is 2.44 bits per heavy atom. The number of phenols is 1. The summed E-state index contributed by atoms with van der Waals surface area (Å²) in [5.41, 5.74) is 2.49. The molecule has 4 amide bonds. The second-order valence-corrected chi connectivity index (χ2v) is 9.69. The number of benzene rings is 2. The molecule has 2 fully saturated rings. The zero-order valence-electron chi connectivity index (χ0n) is 22.8. The Kier molecular flexibility index (Phi) is 9.64. The van der Waals surface area contributed by atoms with Crippen molar-refractivity contribution in [2.24, 2.45) is 0 Å². The summed E-state index contributed by atoms with van der Waals surface area (Å²) in [6, 6.07) is 20.6. The molecule has 0 aliphatic carbocycles. The van der Waals surface area contributed by atoms with Crippen molar-refractivity contribution in [1.29, 1.82) is 0 Å². The summed E-state index contributed by atoms with van der Waals surface area (Å²) in [5.74, 6) is -0.834. The minimum Gasteiger partial charge on any atom is -0.508 e. The van der Waals surface area contributed by atoms with Gasteiger partial charge in [-0.1, -0.05) is 60.2 Å². The van der Waals surface area contributed by atoms with Crippen molar-refractivity contribution in [3.63, 3.8) is 0 Å². The van der Waals surface area contributed by atoms with Crippen LogP contribution in [0.25, 0.3) is 0 Å².